The zero-order chi connectivity index (χ0) is 14.8. The molecule has 4 nitrogen and oxygen atoms in total. The molecule has 3 atom stereocenters. The Bertz CT molecular complexity index is 539. The fourth-order valence-corrected chi connectivity index (χ4v) is 5.77. The highest BCUT2D eigenvalue weighted by Crippen LogP contribution is 2.35. The van der Waals surface area contributed by atoms with Gasteiger partial charge in [-0.1, -0.05) is 20.3 Å². The van der Waals surface area contributed by atoms with Gasteiger partial charge in [-0.25, -0.2) is 13.1 Å². The van der Waals surface area contributed by atoms with Crippen LogP contribution in [-0.2, 0) is 16.6 Å². The summed E-state index contributed by atoms with van der Waals surface area (Å²) in [4.78, 5) is 1.04. The molecule has 1 aromatic heterocycles. The van der Waals surface area contributed by atoms with Crippen molar-refractivity contribution >= 4 is 21.4 Å². The zero-order valence-corrected chi connectivity index (χ0v) is 14.0. The van der Waals surface area contributed by atoms with Crippen LogP contribution in [0.2, 0.25) is 0 Å². The smallest absolute Gasteiger partial charge is 0.250 e. The molecule has 1 saturated carbocycles. The molecule has 1 heterocycles. The summed E-state index contributed by atoms with van der Waals surface area (Å²) in [5.74, 6) is 1.07. The van der Waals surface area contributed by atoms with E-state index in [1.807, 2.05) is 13.1 Å². The second kappa shape index (κ2) is 6.56. The van der Waals surface area contributed by atoms with E-state index < -0.39 is 10.0 Å². The monoisotopic (exact) mass is 316 g/mol. The molecule has 0 radical (unpaired) electrons. The fraction of sp³-hybridized carbons (Fsp3) is 0.714. The summed E-state index contributed by atoms with van der Waals surface area (Å²) in [6.07, 6.45) is 3.21. The Labute approximate surface area is 126 Å². The van der Waals surface area contributed by atoms with Gasteiger partial charge < -0.3 is 5.32 Å². The first-order chi connectivity index (χ1) is 9.47. The van der Waals surface area contributed by atoms with Crippen molar-refractivity contribution in [3.63, 3.8) is 0 Å². The van der Waals surface area contributed by atoms with Crippen LogP contribution in [0.4, 0.5) is 0 Å². The van der Waals surface area contributed by atoms with Crippen molar-refractivity contribution in [1.29, 1.82) is 0 Å². The molecule has 0 aliphatic heterocycles. The maximum absolute atomic E-state index is 12.4. The van der Waals surface area contributed by atoms with E-state index in [-0.39, 0.29) is 6.04 Å². The van der Waals surface area contributed by atoms with Crippen LogP contribution in [0.5, 0.6) is 0 Å². The largest absolute Gasteiger partial charge is 0.315 e. The minimum Gasteiger partial charge on any atom is -0.315 e. The van der Waals surface area contributed by atoms with E-state index in [4.69, 9.17) is 0 Å². The highest BCUT2D eigenvalue weighted by molar-refractivity contribution is 7.91. The summed E-state index contributed by atoms with van der Waals surface area (Å²) in [6.45, 7) is 5.05. The number of hydrogen-bond donors (Lipinski definition) is 2. The molecular formula is C14H24N2O2S2. The second-order valence-corrected chi connectivity index (χ2v) is 8.69. The predicted octanol–water partition coefficient (Wildman–Crippen LogP) is 2.57. The lowest BCUT2D eigenvalue weighted by atomic mass is 9.94. The Morgan fingerprint density at radius 1 is 1.35 bits per heavy atom. The molecule has 0 aromatic carbocycles. The second-order valence-electron chi connectivity index (χ2n) is 5.58. The van der Waals surface area contributed by atoms with Crippen molar-refractivity contribution in [3.05, 3.63) is 17.0 Å². The third kappa shape index (κ3) is 3.42. The average molecular weight is 316 g/mol. The van der Waals surface area contributed by atoms with E-state index in [1.54, 1.807) is 6.07 Å². The average Bonchev–Trinajstić information content (AvgIpc) is 2.99. The van der Waals surface area contributed by atoms with Crippen LogP contribution in [0.1, 0.15) is 38.0 Å². The number of thiophene rings is 1. The van der Waals surface area contributed by atoms with Crippen molar-refractivity contribution < 1.29 is 8.42 Å². The molecule has 1 aromatic rings. The van der Waals surface area contributed by atoms with Gasteiger partial charge in [0.05, 0.1) is 0 Å². The van der Waals surface area contributed by atoms with Crippen molar-refractivity contribution in [1.82, 2.24) is 10.0 Å². The summed E-state index contributed by atoms with van der Waals surface area (Å²) < 4.78 is 28.2. The predicted molar refractivity (Wildman–Crippen MR) is 83.4 cm³/mol. The Morgan fingerprint density at radius 3 is 2.70 bits per heavy atom. The Morgan fingerprint density at radius 2 is 2.10 bits per heavy atom. The quantitative estimate of drug-likeness (QED) is 0.848. The number of hydrogen-bond acceptors (Lipinski definition) is 4. The first-order valence-corrected chi connectivity index (χ1v) is 9.53. The van der Waals surface area contributed by atoms with Crippen molar-refractivity contribution in [2.45, 2.75) is 49.9 Å². The van der Waals surface area contributed by atoms with Crippen molar-refractivity contribution in [2.75, 3.05) is 7.05 Å². The minimum atomic E-state index is -3.37. The molecule has 2 N–H and O–H groups in total. The van der Waals surface area contributed by atoms with E-state index in [9.17, 15) is 8.42 Å². The first kappa shape index (κ1) is 15.9. The van der Waals surface area contributed by atoms with Gasteiger partial charge in [0.1, 0.15) is 4.21 Å². The van der Waals surface area contributed by atoms with Gasteiger partial charge in [0.15, 0.2) is 0 Å². The molecular weight excluding hydrogens is 292 g/mol. The number of sulfonamides is 1. The van der Waals surface area contributed by atoms with Gasteiger partial charge in [0, 0.05) is 17.5 Å². The third-order valence-electron chi connectivity index (χ3n) is 4.31. The van der Waals surface area contributed by atoms with Gasteiger partial charge in [-0.15, -0.1) is 11.3 Å². The van der Waals surface area contributed by atoms with Crippen LogP contribution in [0.3, 0.4) is 0 Å². The topological polar surface area (TPSA) is 58.2 Å². The van der Waals surface area contributed by atoms with Crippen LogP contribution in [-0.4, -0.2) is 21.5 Å². The van der Waals surface area contributed by atoms with Crippen LogP contribution >= 0.6 is 11.3 Å². The van der Waals surface area contributed by atoms with Gasteiger partial charge in [-0.05, 0) is 43.9 Å². The molecule has 1 aliphatic rings. The summed E-state index contributed by atoms with van der Waals surface area (Å²) in [7, 11) is -1.51. The zero-order valence-electron chi connectivity index (χ0n) is 12.3. The molecule has 3 unspecified atom stereocenters. The van der Waals surface area contributed by atoms with Crippen LogP contribution in [0, 0.1) is 11.8 Å². The standard InChI is InChI=1S/C14H24N2O2S2/c1-4-11-5-7-13(10(11)2)16-20(17,18)14-8-6-12(19-14)9-15-3/h6,8,10-11,13,15-16H,4-5,7,9H2,1-3H3. The molecule has 20 heavy (non-hydrogen) atoms. The van der Waals surface area contributed by atoms with Gasteiger partial charge in [-0.2, -0.15) is 0 Å². The molecule has 0 saturated heterocycles. The van der Waals surface area contributed by atoms with E-state index in [2.05, 4.69) is 23.9 Å². The molecule has 0 bridgehead atoms. The fourth-order valence-electron chi connectivity index (χ4n) is 3.02. The number of nitrogens with one attached hydrogen (secondary N) is 2. The van der Waals surface area contributed by atoms with Crippen LogP contribution < -0.4 is 10.0 Å². The lowest BCUT2D eigenvalue weighted by molar-refractivity contribution is 0.369. The molecule has 114 valence electrons. The summed E-state index contributed by atoms with van der Waals surface area (Å²) >= 11 is 1.34. The maximum Gasteiger partial charge on any atom is 0.250 e. The highest BCUT2D eigenvalue weighted by Gasteiger charge is 2.34. The Kier molecular flexibility index (Phi) is 5.23. The van der Waals surface area contributed by atoms with Gasteiger partial charge in [0.2, 0.25) is 10.0 Å². The molecule has 1 fully saturated rings. The number of rotatable bonds is 6. The lowest BCUT2D eigenvalue weighted by Crippen LogP contribution is -2.37. The van der Waals surface area contributed by atoms with Crippen molar-refractivity contribution in [2.24, 2.45) is 11.8 Å². The molecule has 0 amide bonds. The molecule has 2 rings (SSSR count). The van der Waals surface area contributed by atoms with E-state index in [0.29, 0.717) is 22.6 Å². The van der Waals surface area contributed by atoms with Gasteiger partial charge >= 0.3 is 0 Å². The molecule has 0 spiro atoms. The van der Waals surface area contributed by atoms with E-state index in [1.165, 1.54) is 11.3 Å². The molecule has 1 aliphatic carbocycles. The van der Waals surface area contributed by atoms with Gasteiger partial charge in [0.25, 0.3) is 0 Å². The highest BCUT2D eigenvalue weighted by atomic mass is 32.2. The minimum absolute atomic E-state index is 0.0831. The lowest BCUT2D eigenvalue weighted by Gasteiger charge is -2.20. The van der Waals surface area contributed by atoms with Gasteiger partial charge in [-0.3, -0.25) is 0 Å². The maximum atomic E-state index is 12.4. The summed E-state index contributed by atoms with van der Waals surface area (Å²) in [6, 6.07) is 3.67. The Hall–Kier alpha value is -0.430. The van der Waals surface area contributed by atoms with Crippen LogP contribution in [0.15, 0.2) is 16.3 Å². The summed E-state index contributed by atoms with van der Waals surface area (Å²) in [5.41, 5.74) is 0. The molecule has 6 heteroatoms. The Balaban J connectivity index is 2.07. The van der Waals surface area contributed by atoms with Crippen molar-refractivity contribution in [3.8, 4) is 0 Å². The first-order valence-electron chi connectivity index (χ1n) is 7.23. The SMILES string of the molecule is CCC1CCC(NS(=O)(=O)c2ccc(CNC)s2)C1C. The van der Waals surface area contributed by atoms with Crippen LogP contribution in [0.25, 0.3) is 0 Å². The normalized spacial score (nSPS) is 27.1. The van der Waals surface area contributed by atoms with E-state index >= 15 is 0 Å². The summed E-state index contributed by atoms with van der Waals surface area (Å²) in [5, 5.41) is 3.04. The third-order valence-corrected chi connectivity index (χ3v) is 7.38. The van der Waals surface area contributed by atoms with E-state index in [0.717, 1.165) is 24.1 Å².